The number of rotatable bonds is 1. The van der Waals surface area contributed by atoms with Crippen molar-refractivity contribution >= 4 is 5.69 Å². The molecule has 1 aromatic carbocycles. The minimum absolute atomic E-state index is 0.836. The van der Waals surface area contributed by atoms with E-state index in [0.29, 0.717) is 0 Å². The Morgan fingerprint density at radius 1 is 1.27 bits per heavy atom. The molecule has 0 fully saturated rings. The van der Waals surface area contributed by atoms with Gasteiger partial charge in [-0.05, 0) is 36.6 Å². The van der Waals surface area contributed by atoms with E-state index < -0.39 is 0 Å². The standard InChI is InChI=1S/C11H12N4/c1-2-8-6-9(11-13-7-14-15-11)3-4-10(8)12-5-1/h3-4,6-7,12H,1-2,5H2,(H,13,14,15). The lowest BCUT2D eigenvalue weighted by atomic mass is 10.0. The van der Waals surface area contributed by atoms with Crippen LogP contribution in [0, 0.1) is 0 Å². The van der Waals surface area contributed by atoms with E-state index in [0.717, 1.165) is 24.4 Å². The fourth-order valence-electron chi connectivity index (χ4n) is 1.97. The Kier molecular flexibility index (Phi) is 1.91. The number of anilines is 1. The summed E-state index contributed by atoms with van der Waals surface area (Å²) in [4.78, 5) is 4.15. The van der Waals surface area contributed by atoms with Gasteiger partial charge in [-0.3, -0.25) is 5.10 Å². The maximum atomic E-state index is 4.15. The molecule has 1 aliphatic heterocycles. The number of aromatic nitrogens is 3. The van der Waals surface area contributed by atoms with Crippen LogP contribution in [0.5, 0.6) is 0 Å². The molecule has 0 saturated heterocycles. The molecule has 1 aliphatic rings. The van der Waals surface area contributed by atoms with E-state index in [1.165, 1.54) is 24.0 Å². The molecular formula is C11H12N4. The molecule has 0 aliphatic carbocycles. The number of fused-ring (bicyclic) bond motifs is 1. The van der Waals surface area contributed by atoms with Crippen LogP contribution in [0.4, 0.5) is 5.69 Å². The van der Waals surface area contributed by atoms with Crippen molar-refractivity contribution in [3.05, 3.63) is 30.1 Å². The lowest BCUT2D eigenvalue weighted by Crippen LogP contribution is -2.11. The summed E-state index contributed by atoms with van der Waals surface area (Å²) < 4.78 is 0. The summed E-state index contributed by atoms with van der Waals surface area (Å²) in [5.74, 6) is 0.836. The highest BCUT2D eigenvalue weighted by Gasteiger charge is 2.10. The first-order valence-electron chi connectivity index (χ1n) is 5.16. The molecule has 1 aromatic heterocycles. The highest BCUT2D eigenvalue weighted by atomic mass is 15.2. The van der Waals surface area contributed by atoms with E-state index in [1.807, 2.05) is 0 Å². The molecule has 0 amide bonds. The molecule has 2 aromatic rings. The van der Waals surface area contributed by atoms with E-state index in [2.05, 4.69) is 38.7 Å². The van der Waals surface area contributed by atoms with Crippen molar-refractivity contribution in [1.29, 1.82) is 0 Å². The normalized spacial score (nSPS) is 14.4. The van der Waals surface area contributed by atoms with Gasteiger partial charge in [0.15, 0.2) is 5.82 Å². The van der Waals surface area contributed by atoms with Crippen molar-refractivity contribution < 1.29 is 0 Å². The maximum Gasteiger partial charge on any atom is 0.155 e. The van der Waals surface area contributed by atoms with Crippen LogP contribution in [0.1, 0.15) is 12.0 Å². The van der Waals surface area contributed by atoms with Crippen molar-refractivity contribution in [2.45, 2.75) is 12.8 Å². The number of hydrogen-bond donors (Lipinski definition) is 2. The van der Waals surface area contributed by atoms with Crippen LogP contribution in [0.15, 0.2) is 24.5 Å². The second-order valence-electron chi connectivity index (χ2n) is 3.74. The highest BCUT2D eigenvalue weighted by Crippen LogP contribution is 2.26. The molecule has 0 spiro atoms. The van der Waals surface area contributed by atoms with Gasteiger partial charge >= 0.3 is 0 Å². The van der Waals surface area contributed by atoms with Crippen molar-refractivity contribution in [3.8, 4) is 11.4 Å². The summed E-state index contributed by atoms with van der Waals surface area (Å²) in [6.45, 7) is 1.08. The monoisotopic (exact) mass is 200 g/mol. The van der Waals surface area contributed by atoms with Gasteiger partial charge < -0.3 is 5.32 Å². The molecule has 76 valence electrons. The number of benzene rings is 1. The fourth-order valence-corrected chi connectivity index (χ4v) is 1.97. The molecule has 3 rings (SSSR count). The van der Waals surface area contributed by atoms with Crippen molar-refractivity contribution in [1.82, 2.24) is 15.2 Å². The molecule has 0 unspecified atom stereocenters. The summed E-state index contributed by atoms with van der Waals surface area (Å²) in [5.41, 5.74) is 3.73. The third-order valence-electron chi connectivity index (χ3n) is 2.73. The van der Waals surface area contributed by atoms with Gasteiger partial charge in [0, 0.05) is 17.8 Å². The largest absolute Gasteiger partial charge is 0.385 e. The average Bonchev–Trinajstić information content (AvgIpc) is 2.82. The molecular weight excluding hydrogens is 188 g/mol. The molecule has 2 heterocycles. The zero-order valence-electron chi connectivity index (χ0n) is 8.33. The van der Waals surface area contributed by atoms with Crippen LogP contribution < -0.4 is 5.32 Å². The van der Waals surface area contributed by atoms with E-state index in [4.69, 9.17) is 0 Å². The smallest absolute Gasteiger partial charge is 0.155 e. The number of aromatic amines is 1. The van der Waals surface area contributed by atoms with Crippen LogP contribution in [-0.2, 0) is 6.42 Å². The van der Waals surface area contributed by atoms with Gasteiger partial charge in [0.05, 0.1) is 0 Å². The first kappa shape index (κ1) is 8.47. The first-order valence-corrected chi connectivity index (χ1v) is 5.16. The SMILES string of the molecule is c1n[nH]c(-c2ccc3c(c2)CCCN3)n1. The Hall–Kier alpha value is -1.84. The number of aryl methyl sites for hydroxylation is 1. The topological polar surface area (TPSA) is 53.6 Å². The van der Waals surface area contributed by atoms with Gasteiger partial charge in [0.25, 0.3) is 0 Å². The van der Waals surface area contributed by atoms with Crippen LogP contribution in [0.25, 0.3) is 11.4 Å². The summed E-state index contributed by atoms with van der Waals surface area (Å²) in [6.07, 6.45) is 3.88. The van der Waals surface area contributed by atoms with Crippen molar-refractivity contribution in [2.75, 3.05) is 11.9 Å². The zero-order chi connectivity index (χ0) is 10.1. The molecule has 2 N–H and O–H groups in total. The molecule has 4 nitrogen and oxygen atoms in total. The minimum atomic E-state index is 0.836. The zero-order valence-corrected chi connectivity index (χ0v) is 8.33. The van der Waals surface area contributed by atoms with E-state index in [9.17, 15) is 0 Å². The predicted octanol–water partition coefficient (Wildman–Crippen LogP) is 1.83. The van der Waals surface area contributed by atoms with Crippen molar-refractivity contribution in [2.24, 2.45) is 0 Å². The van der Waals surface area contributed by atoms with Crippen molar-refractivity contribution in [3.63, 3.8) is 0 Å². The van der Waals surface area contributed by atoms with Gasteiger partial charge in [0.1, 0.15) is 6.33 Å². The van der Waals surface area contributed by atoms with Crippen LogP contribution in [0.2, 0.25) is 0 Å². The summed E-state index contributed by atoms with van der Waals surface area (Å²) in [6, 6.07) is 6.37. The van der Waals surface area contributed by atoms with Gasteiger partial charge in [0.2, 0.25) is 0 Å². The third-order valence-corrected chi connectivity index (χ3v) is 2.73. The Bertz CT molecular complexity index is 461. The summed E-state index contributed by atoms with van der Waals surface area (Å²) in [5, 5.41) is 10.1. The number of H-pyrrole nitrogens is 1. The number of nitrogens with zero attached hydrogens (tertiary/aromatic N) is 2. The number of hydrogen-bond acceptors (Lipinski definition) is 3. The van der Waals surface area contributed by atoms with Gasteiger partial charge in [-0.1, -0.05) is 0 Å². The Morgan fingerprint density at radius 2 is 2.27 bits per heavy atom. The Balaban J connectivity index is 2.04. The van der Waals surface area contributed by atoms with Gasteiger partial charge in [-0.15, -0.1) is 0 Å². The first-order chi connectivity index (χ1) is 7.43. The van der Waals surface area contributed by atoms with Gasteiger partial charge in [-0.25, -0.2) is 4.98 Å². The Labute approximate surface area is 87.7 Å². The highest BCUT2D eigenvalue weighted by molar-refractivity contribution is 5.64. The van der Waals surface area contributed by atoms with Crippen LogP contribution >= 0.6 is 0 Å². The lowest BCUT2D eigenvalue weighted by molar-refractivity contribution is 0.830. The van der Waals surface area contributed by atoms with E-state index in [-0.39, 0.29) is 0 Å². The molecule has 0 radical (unpaired) electrons. The third kappa shape index (κ3) is 1.48. The molecule has 0 saturated carbocycles. The lowest BCUT2D eigenvalue weighted by Gasteiger charge is -2.18. The molecule has 0 bridgehead atoms. The summed E-state index contributed by atoms with van der Waals surface area (Å²) >= 11 is 0. The molecule has 0 atom stereocenters. The maximum absolute atomic E-state index is 4.15. The average molecular weight is 200 g/mol. The van der Waals surface area contributed by atoms with Crippen LogP contribution in [0.3, 0.4) is 0 Å². The fraction of sp³-hybridized carbons (Fsp3) is 0.273. The Morgan fingerprint density at radius 3 is 3.13 bits per heavy atom. The second kappa shape index (κ2) is 3.38. The van der Waals surface area contributed by atoms with Crippen LogP contribution in [-0.4, -0.2) is 21.7 Å². The quantitative estimate of drug-likeness (QED) is 0.738. The van der Waals surface area contributed by atoms with E-state index in [1.54, 1.807) is 0 Å². The van der Waals surface area contributed by atoms with E-state index >= 15 is 0 Å². The number of nitrogens with one attached hydrogen (secondary N) is 2. The molecule has 15 heavy (non-hydrogen) atoms. The predicted molar refractivity (Wildman–Crippen MR) is 58.6 cm³/mol. The van der Waals surface area contributed by atoms with Gasteiger partial charge in [-0.2, -0.15) is 5.10 Å². The minimum Gasteiger partial charge on any atom is -0.385 e. The molecule has 4 heteroatoms. The second-order valence-corrected chi connectivity index (χ2v) is 3.74. The summed E-state index contributed by atoms with van der Waals surface area (Å²) in [7, 11) is 0.